The van der Waals surface area contributed by atoms with E-state index in [1.165, 1.54) is 17.9 Å². The summed E-state index contributed by atoms with van der Waals surface area (Å²) < 4.78 is 4.92. The molecule has 4 rings (SSSR count). The summed E-state index contributed by atoms with van der Waals surface area (Å²) in [6.07, 6.45) is 1.32. The minimum atomic E-state index is -2.93. The van der Waals surface area contributed by atoms with E-state index < -0.39 is 13.3 Å². The maximum absolute atomic E-state index is 2.93. The predicted octanol–water partition coefficient (Wildman–Crippen LogP) is 4.28. The fraction of sp³-hybridized carbons (Fsp3) is 0.217. The van der Waals surface area contributed by atoms with E-state index in [1.807, 2.05) is 0 Å². The zero-order chi connectivity index (χ0) is 17.9. The molecule has 0 aliphatic carbocycles. The summed E-state index contributed by atoms with van der Waals surface area (Å²) >= 11 is 1.47. The van der Waals surface area contributed by atoms with Gasteiger partial charge in [-0.15, -0.1) is 0 Å². The van der Waals surface area contributed by atoms with Gasteiger partial charge in [0, 0.05) is 0 Å². The number of hydrogen-bond acceptors (Lipinski definition) is 2. The SMILES string of the molecule is C[C]1([Ge]([c]2ccccc2)([c]2ccccc2)[c]2ccccc2)SCCCS1. The van der Waals surface area contributed by atoms with Gasteiger partial charge in [0.25, 0.3) is 0 Å². The average molecular weight is 437 g/mol. The molecule has 0 atom stereocenters. The molecule has 0 saturated carbocycles. The van der Waals surface area contributed by atoms with E-state index in [1.54, 1.807) is 13.2 Å². The predicted molar refractivity (Wildman–Crippen MR) is 122 cm³/mol. The van der Waals surface area contributed by atoms with Crippen molar-refractivity contribution in [2.45, 2.75) is 16.3 Å². The molecule has 0 amide bonds. The van der Waals surface area contributed by atoms with Crippen LogP contribution in [0.5, 0.6) is 0 Å². The van der Waals surface area contributed by atoms with Gasteiger partial charge >= 0.3 is 169 Å². The molecule has 3 aromatic rings. The Bertz CT molecular complexity index is 731. The third-order valence-electron chi connectivity index (χ3n) is 5.35. The van der Waals surface area contributed by atoms with Crippen LogP contribution in [0.4, 0.5) is 0 Å². The first-order valence-corrected chi connectivity index (χ1v) is 15.4. The number of benzene rings is 3. The molecule has 3 aromatic carbocycles. The monoisotopic (exact) mass is 438 g/mol. The molecule has 0 radical (unpaired) electrons. The zero-order valence-electron chi connectivity index (χ0n) is 15.1. The van der Waals surface area contributed by atoms with Crippen LogP contribution in [-0.4, -0.2) is 27.7 Å². The Balaban J connectivity index is 2.07. The average Bonchev–Trinajstić information content (AvgIpc) is 2.71. The quantitative estimate of drug-likeness (QED) is 0.559. The molecule has 1 heterocycles. The normalized spacial score (nSPS) is 17.0. The molecule has 132 valence electrons. The van der Waals surface area contributed by atoms with Crippen LogP contribution >= 0.6 is 23.5 Å². The Morgan fingerprint density at radius 3 is 1.31 bits per heavy atom. The van der Waals surface area contributed by atoms with Crippen LogP contribution in [0.3, 0.4) is 0 Å². The van der Waals surface area contributed by atoms with Crippen LogP contribution in [0.2, 0.25) is 0 Å². The van der Waals surface area contributed by atoms with Gasteiger partial charge in [-0.2, -0.15) is 0 Å². The van der Waals surface area contributed by atoms with Crippen LogP contribution < -0.4 is 13.2 Å². The van der Waals surface area contributed by atoms with Crippen molar-refractivity contribution in [2.75, 3.05) is 11.5 Å². The van der Waals surface area contributed by atoms with E-state index in [4.69, 9.17) is 0 Å². The van der Waals surface area contributed by atoms with E-state index in [0.29, 0.717) is 0 Å². The minimum absolute atomic E-state index is 0.225. The second-order valence-corrected chi connectivity index (χ2v) is 20.5. The van der Waals surface area contributed by atoms with Gasteiger partial charge in [-0.1, -0.05) is 0 Å². The van der Waals surface area contributed by atoms with Gasteiger partial charge < -0.3 is 0 Å². The number of rotatable bonds is 4. The second-order valence-electron chi connectivity index (χ2n) is 6.84. The summed E-state index contributed by atoms with van der Waals surface area (Å²) in [7, 11) is 0. The van der Waals surface area contributed by atoms with Crippen LogP contribution in [0.15, 0.2) is 91.0 Å². The molecule has 3 heteroatoms. The van der Waals surface area contributed by atoms with Crippen molar-refractivity contribution in [2.24, 2.45) is 0 Å². The molecule has 0 unspecified atom stereocenters. The van der Waals surface area contributed by atoms with Crippen LogP contribution in [-0.2, 0) is 0 Å². The fourth-order valence-corrected chi connectivity index (χ4v) is 24.4. The van der Waals surface area contributed by atoms with E-state index in [0.717, 1.165) is 0 Å². The Morgan fingerprint density at radius 1 is 0.615 bits per heavy atom. The molecule has 0 spiro atoms. The molecule has 0 nitrogen and oxygen atoms in total. The van der Waals surface area contributed by atoms with Gasteiger partial charge in [-0.25, -0.2) is 0 Å². The molecule has 0 bridgehead atoms. The first kappa shape index (κ1) is 18.3. The van der Waals surface area contributed by atoms with Crippen molar-refractivity contribution in [1.82, 2.24) is 0 Å². The molecule has 1 fully saturated rings. The Morgan fingerprint density at radius 2 is 0.962 bits per heavy atom. The Labute approximate surface area is 168 Å². The van der Waals surface area contributed by atoms with Crippen molar-refractivity contribution in [3.05, 3.63) is 91.0 Å². The molecule has 26 heavy (non-hydrogen) atoms. The summed E-state index contributed by atoms with van der Waals surface area (Å²) in [5.41, 5.74) is 0. The Kier molecular flexibility index (Phi) is 5.53. The van der Waals surface area contributed by atoms with Gasteiger partial charge in [0.05, 0.1) is 0 Å². The topological polar surface area (TPSA) is 0 Å². The summed E-state index contributed by atoms with van der Waals surface area (Å²) in [4.78, 5) is 0. The van der Waals surface area contributed by atoms with Crippen LogP contribution in [0.1, 0.15) is 13.3 Å². The number of thioether (sulfide) groups is 2. The van der Waals surface area contributed by atoms with Crippen LogP contribution in [0, 0.1) is 0 Å². The van der Waals surface area contributed by atoms with Crippen molar-refractivity contribution >= 4 is 50.0 Å². The van der Waals surface area contributed by atoms with Crippen molar-refractivity contribution in [3.63, 3.8) is 0 Å². The summed E-state index contributed by atoms with van der Waals surface area (Å²) in [5.74, 6) is 2.53. The van der Waals surface area contributed by atoms with Gasteiger partial charge in [0.2, 0.25) is 0 Å². The molecule has 1 aliphatic heterocycles. The summed E-state index contributed by atoms with van der Waals surface area (Å²) in [5, 5.41) is 0. The molecule has 0 aromatic heterocycles. The van der Waals surface area contributed by atoms with Crippen molar-refractivity contribution in [3.8, 4) is 0 Å². The summed E-state index contributed by atoms with van der Waals surface area (Å²) in [6.45, 7) is 2.54. The second kappa shape index (κ2) is 7.87. The standard InChI is InChI=1S/C23H24GeS2/c1-23(25-18-11-19-26-23)24(20-12-5-2-6-13-20,21-14-7-3-8-15-21)22-16-9-4-10-17-22/h2-10,12-17H,11,18-19H2,1H3. The third-order valence-corrected chi connectivity index (χ3v) is 23.5. The first-order valence-electron chi connectivity index (χ1n) is 9.22. The first-order chi connectivity index (χ1) is 12.8. The molecular weight excluding hydrogens is 413 g/mol. The van der Waals surface area contributed by atoms with Gasteiger partial charge in [-0.05, 0) is 0 Å². The van der Waals surface area contributed by atoms with Crippen LogP contribution in [0.25, 0.3) is 0 Å². The van der Waals surface area contributed by atoms with Crippen molar-refractivity contribution in [1.29, 1.82) is 0 Å². The summed E-state index contributed by atoms with van der Waals surface area (Å²) in [6, 6.07) is 34.1. The maximum atomic E-state index is 2.54. The van der Waals surface area contributed by atoms with Crippen molar-refractivity contribution < 1.29 is 0 Å². The number of hydrogen-bond donors (Lipinski definition) is 0. The van der Waals surface area contributed by atoms with E-state index in [-0.39, 0.29) is 2.91 Å². The van der Waals surface area contributed by atoms with E-state index in [2.05, 4.69) is 121 Å². The third kappa shape index (κ3) is 3.06. The van der Waals surface area contributed by atoms with E-state index >= 15 is 0 Å². The molecule has 0 N–H and O–H groups in total. The zero-order valence-corrected chi connectivity index (χ0v) is 18.8. The fourth-order valence-electron chi connectivity index (χ4n) is 4.20. The van der Waals surface area contributed by atoms with Gasteiger partial charge in [0.1, 0.15) is 0 Å². The molecule has 1 aliphatic rings. The van der Waals surface area contributed by atoms with Gasteiger partial charge in [-0.3, -0.25) is 0 Å². The molecule has 1 saturated heterocycles. The van der Waals surface area contributed by atoms with E-state index in [9.17, 15) is 0 Å². The molecular formula is C23H24GeS2. The van der Waals surface area contributed by atoms with Gasteiger partial charge in [0.15, 0.2) is 0 Å². The Hall–Kier alpha value is -1.10.